The molecule has 4 nitrogen and oxygen atoms in total. The van der Waals surface area contributed by atoms with Crippen molar-refractivity contribution in [3.05, 3.63) is 170 Å². The van der Waals surface area contributed by atoms with Crippen LogP contribution in [-0.4, -0.2) is 4.98 Å². The average Bonchev–Trinajstić information content (AvgIpc) is 3.78. The van der Waals surface area contributed by atoms with Gasteiger partial charge in [-0.25, -0.2) is 4.98 Å². The number of furan rings is 1. The highest BCUT2D eigenvalue weighted by molar-refractivity contribution is 6.22. The van der Waals surface area contributed by atoms with Gasteiger partial charge >= 0.3 is 0 Å². The number of hydrogen-bond donors (Lipinski definition) is 0. The van der Waals surface area contributed by atoms with E-state index in [1.54, 1.807) is 0 Å². The van der Waals surface area contributed by atoms with Gasteiger partial charge in [-0.3, -0.25) is 0 Å². The lowest BCUT2D eigenvalue weighted by molar-refractivity contribution is 0.622. The van der Waals surface area contributed by atoms with Crippen molar-refractivity contribution in [1.82, 2.24) is 4.98 Å². The smallest absolute Gasteiger partial charge is 0.227 e. The summed E-state index contributed by atoms with van der Waals surface area (Å²) in [7, 11) is 0. The number of fused-ring (bicyclic) bond motifs is 8. The largest absolute Gasteiger partial charge is 0.454 e. The summed E-state index contributed by atoms with van der Waals surface area (Å²) in [6.45, 7) is 0. The summed E-state index contributed by atoms with van der Waals surface area (Å²) in [6.07, 6.45) is 0. The number of hydrogen-bond acceptors (Lipinski definition) is 4. The summed E-state index contributed by atoms with van der Waals surface area (Å²) in [5.41, 5.74) is 9.17. The molecule has 0 unspecified atom stereocenters. The van der Waals surface area contributed by atoms with Crippen LogP contribution in [0.25, 0.3) is 77.2 Å². The summed E-state index contributed by atoms with van der Waals surface area (Å²) >= 11 is 0. The first kappa shape index (κ1) is 27.5. The summed E-state index contributed by atoms with van der Waals surface area (Å²) < 4.78 is 13.4. The first-order chi connectivity index (χ1) is 24.3. The first-order valence-corrected chi connectivity index (χ1v) is 16.5. The minimum absolute atomic E-state index is 0.577. The average molecular weight is 629 g/mol. The van der Waals surface area contributed by atoms with Gasteiger partial charge in [0, 0.05) is 22.0 Å². The van der Waals surface area contributed by atoms with Crippen LogP contribution >= 0.6 is 0 Å². The Morgan fingerprint density at radius 3 is 1.90 bits per heavy atom. The van der Waals surface area contributed by atoms with Crippen molar-refractivity contribution >= 4 is 71.6 Å². The molecule has 10 rings (SSSR count). The fourth-order valence-electron chi connectivity index (χ4n) is 7.21. The summed E-state index contributed by atoms with van der Waals surface area (Å²) in [5.74, 6) is 0.577. The summed E-state index contributed by atoms with van der Waals surface area (Å²) in [6, 6.07) is 59.1. The zero-order valence-corrected chi connectivity index (χ0v) is 26.4. The molecular weight excluding hydrogens is 601 g/mol. The minimum Gasteiger partial charge on any atom is -0.454 e. The van der Waals surface area contributed by atoms with Gasteiger partial charge in [0.2, 0.25) is 5.89 Å². The zero-order valence-electron chi connectivity index (χ0n) is 26.4. The van der Waals surface area contributed by atoms with Gasteiger partial charge in [0.15, 0.2) is 11.2 Å². The number of oxazole rings is 1. The number of aromatic nitrogens is 1. The van der Waals surface area contributed by atoms with Crippen molar-refractivity contribution in [3.8, 4) is 22.6 Å². The molecule has 0 aliphatic rings. The second-order valence-electron chi connectivity index (χ2n) is 12.3. The molecule has 10 aromatic rings. The van der Waals surface area contributed by atoms with Gasteiger partial charge < -0.3 is 13.7 Å². The van der Waals surface area contributed by atoms with Crippen LogP contribution in [0.3, 0.4) is 0 Å². The Morgan fingerprint density at radius 2 is 1.08 bits per heavy atom. The zero-order chi connectivity index (χ0) is 32.3. The third-order valence-electron chi connectivity index (χ3n) is 9.44. The van der Waals surface area contributed by atoms with Gasteiger partial charge in [0.05, 0.1) is 16.8 Å². The van der Waals surface area contributed by atoms with E-state index in [-0.39, 0.29) is 0 Å². The van der Waals surface area contributed by atoms with Crippen LogP contribution in [0.15, 0.2) is 179 Å². The van der Waals surface area contributed by atoms with Crippen LogP contribution in [0.5, 0.6) is 0 Å². The van der Waals surface area contributed by atoms with E-state index in [4.69, 9.17) is 13.8 Å². The van der Waals surface area contributed by atoms with Crippen LogP contribution in [-0.2, 0) is 0 Å². The molecule has 0 amide bonds. The van der Waals surface area contributed by atoms with E-state index >= 15 is 0 Å². The molecule has 0 atom stereocenters. The number of anilines is 3. The number of benzene rings is 8. The summed E-state index contributed by atoms with van der Waals surface area (Å²) in [4.78, 5) is 7.43. The van der Waals surface area contributed by atoms with E-state index in [1.807, 2.05) is 48.5 Å². The molecule has 0 saturated carbocycles. The van der Waals surface area contributed by atoms with E-state index in [0.29, 0.717) is 11.5 Å². The van der Waals surface area contributed by atoms with Crippen molar-refractivity contribution < 1.29 is 8.83 Å². The van der Waals surface area contributed by atoms with Gasteiger partial charge in [0.25, 0.3) is 0 Å². The third-order valence-corrected chi connectivity index (χ3v) is 9.44. The Balaban J connectivity index is 1.34. The molecule has 0 fully saturated rings. The normalized spacial score (nSPS) is 11.7. The molecule has 0 radical (unpaired) electrons. The van der Waals surface area contributed by atoms with Gasteiger partial charge in [-0.05, 0) is 69.8 Å². The Bertz CT molecular complexity index is 2830. The highest BCUT2D eigenvalue weighted by Gasteiger charge is 2.26. The second kappa shape index (κ2) is 11.0. The highest BCUT2D eigenvalue weighted by Crippen LogP contribution is 2.49. The fourth-order valence-corrected chi connectivity index (χ4v) is 7.21. The van der Waals surface area contributed by atoms with E-state index in [0.717, 1.165) is 72.0 Å². The topological polar surface area (TPSA) is 42.4 Å². The molecular formula is C45H28N2O2. The van der Waals surface area contributed by atoms with E-state index in [1.165, 1.54) is 10.8 Å². The number of rotatable bonds is 5. The molecule has 0 aliphatic heterocycles. The lowest BCUT2D eigenvalue weighted by Crippen LogP contribution is -2.11. The maximum absolute atomic E-state index is 6.82. The van der Waals surface area contributed by atoms with Crippen LogP contribution in [0, 0.1) is 0 Å². The number of para-hydroxylation sites is 1. The van der Waals surface area contributed by atoms with Crippen LogP contribution in [0.4, 0.5) is 17.1 Å². The van der Waals surface area contributed by atoms with Crippen LogP contribution in [0.2, 0.25) is 0 Å². The van der Waals surface area contributed by atoms with E-state index in [9.17, 15) is 0 Å². The molecule has 0 aliphatic carbocycles. The van der Waals surface area contributed by atoms with E-state index < -0.39 is 0 Å². The van der Waals surface area contributed by atoms with Gasteiger partial charge in [0.1, 0.15) is 11.1 Å². The first-order valence-electron chi connectivity index (χ1n) is 16.5. The summed E-state index contributed by atoms with van der Waals surface area (Å²) in [5, 5.41) is 6.60. The SMILES string of the molecule is c1ccc(-c2cccc(N(c3cc4ccccc4c4ccccc34)c3cc4nc(-c5ccccc5)oc4c4c3oc3ccccc34)c2)cc1. The van der Waals surface area contributed by atoms with Crippen molar-refractivity contribution in [2.75, 3.05) is 4.90 Å². The standard InChI is InChI=1S/C45H28N2O2/c1-3-14-29(15-4-1)31-19-13-20-33(26-31)47(39-27-32-18-7-8-21-34(32)35-22-9-10-23-36(35)39)40-28-38-43(49-45(46-38)30-16-5-2-6-17-30)42-37-24-11-12-25-41(37)48-44(40)42/h1-28H. The third kappa shape index (κ3) is 4.42. The van der Waals surface area contributed by atoms with Crippen molar-refractivity contribution in [2.45, 2.75) is 0 Å². The van der Waals surface area contributed by atoms with Crippen molar-refractivity contribution in [1.29, 1.82) is 0 Å². The molecule has 230 valence electrons. The van der Waals surface area contributed by atoms with Gasteiger partial charge in [-0.15, -0.1) is 0 Å². The lowest BCUT2D eigenvalue weighted by Gasteiger charge is -2.28. The molecule has 0 saturated heterocycles. The predicted octanol–water partition coefficient (Wildman–Crippen LogP) is 12.8. The fraction of sp³-hybridized carbons (Fsp3) is 0. The molecule has 49 heavy (non-hydrogen) atoms. The lowest BCUT2D eigenvalue weighted by atomic mass is 9.98. The molecule has 0 spiro atoms. The molecule has 4 heteroatoms. The number of nitrogens with zero attached hydrogens (tertiary/aromatic N) is 2. The second-order valence-corrected chi connectivity index (χ2v) is 12.3. The van der Waals surface area contributed by atoms with Crippen molar-refractivity contribution in [2.24, 2.45) is 0 Å². The van der Waals surface area contributed by atoms with Gasteiger partial charge in [-0.1, -0.05) is 127 Å². The highest BCUT2D eigenvalue weighted by atomic mass is 16.4. The van der Waals surface area contributed by atoms with Crippen LogP contribution in [0.1, 0.15) is 0 Å². The van der Waals surface area contributed by atoms with Gasteiger partial charge in [-0.2, -0.15) is 0 Å². The Morgan fingerprint density at radius 1 is 0.429 bits per heavy atom. The Kier molecular flexibility index (Phi) is 6.15. The molecule has 8 aromatic carbocycles. The Hall–Kier alpha value is -6.65. The molecule has 2 aromatic heterocycles. The van der Waals surface area contributed by atoms with E-state index in [2.05, 4.69) is 126 Å². The minimum atomic E-state index is 0.577. The molecule has 0 N–H and O–H groups in total. The maximum atomic E-state index is 6.82. The maximum Gasteiger partial charge on any atom is 0.227 e. The van der Waals surface area contributed by atoms with Crippen molar-refractivity contribution in [3.63, 3.8) is 0 Å². The predicted molar refractivity (Wildman–Crippen MR) is 202 cm³/mol. The molecule has 0 bridgehead atoms. The quantitative estimate of drug-likeness (QED) is 0.178. The monoisotopic (exact) mass is 628 g/mol. The Labute approximate surface area is 282 Å². The molecule has 2 heterocycles. The van der Waals surface area contributed by atoms with Crippen LogP contribution < -0.4 is 4.90 Å².